The van der Waals surface area contributed by atoms with E-state index in [4.69, 9.17) is 9.84 Å². The molecule has 6 heteroatoms. The third-order valence-electron chi connectivity index (χ3n) is 1.78. The molecule has 2 atom stereocenters. The first-order valence-electron chi connectivity index (χ1n) is 5.07. The van der Waals surface area contributed by atoms with Crippen LogP contribution in [0.1, 0.15) is 34.1 Å². The molecule has 1 amide bonds. The van der Waals surface area contributed by atoms with Gasteiger partial charge in [0.15, 0.2) is 6.10 Å². The predicted molar refractivity (Wildman–Crippen MR) is 57.1 cm³/mol. The summed E-state index contributed by atoms with van der Waals surface area (Å²) in [6.07, 6.45) is -2.07. The Morgan fingerprint density at radius 1 is 1.38 bits per heavy atom. The van der Waals surface area contributed by atoms with Crippen molar-refractivity contribution in [2.24, 2.45) is 0 Å². The molecule has 0 aromatic carbocycles. The van der Waals surface area contributed by atoms with E-state index in [9.17, 15) is 14.7 Å². The number of carboxylic acids is 1. The monoisotopic (exact) mass is 233 g/mol. The van der Waals surface area contributed by atoms with Gasteiger partial charge < -0.3 is 20.3 Å². The van der Waals surface area contributed by atoms with Gasteiger partial charge in [-0.05, 0) is 27.2 Å². The van der Waals surface area contributed by atoms with E-state index in [1.807, 2.05) is 0 Å². The number of carbonyl (C=O) groups excluding carboxylic acids is 1. The van der Waals surface area contributed by atoms with Crippen LogP contribution in [0.15, 0.2) is 0 Å². The fourth-order valence-electron chi connectivity index (χ4n) is 1.04. The number of carboxylic acid groups (broad SMARTS) is 1. The first-order chi connectivity index (χ1) is 7.17. The zero-order chi connectivity index (χ0) is 12.9. The quantitative estimate of drug-likeness (QED) is 0.665. The number of carbonyl (C=O) groups is 2. The molecule has 0 aromatic heterocycles. The first kappa shape index (κ1) is 14.7. The number of hydrogen-bond acceptors (Lipinski definition) is 4. The van der Waals surface area contributed by atoms with Crippen LogP contribution in [-0.4, -0.2) is 40.0 Å². The summed E-state index contributed by atoms with van der Waals surface area (Å²) < 4.78 is 4.95. The minimum Gasteiger partial charge on any atom is -0.479 e. The molecule has 0 heterocycles. The summed E-state index contributed by atoms with van der Waals surface area (Å²) in [4.78, 5) is 21.8. The van der Waals surface area contributed by atoms with Gasteiger partial charge in [0.1, 0.15) is 5.60 Å². The molecule has 94 valence electrons. The van der Waals surface area contributed by atoms with Crippen molar-refractivity contribution >= 4 is 12.1 Å². The van der Waals surface area contributed by atoms with Gasteiger partial charge in [-0.1, -0.05) is 6.92 Å². The molecule has 6 nitrogen and oxygen atoms in total. The van der Waals surface area contributed by atoms with Gasteiger partial charge in [0, 0.05) is 0 Å². The fourth-order valence-corrected chi connectivity index (χ4v) is 1.04. The number of aliphatic carboxylic acids is 1. The van der Waals surface area contributed by atoms with E-state index in [1.165, 1.54) is 0 Å². The van der Waals surface area contributed by atoms with Crippen LogP contribution >= 0.6 is 0 Å². The second-order valence-electron chi connectivity index (χ2n) is 4.44. The van der Waals surface area contributed by atoms with Gasteiger partial charge in [-0.3, -0.25) is 0 Å². The zero-order valence-electron chi connectivity index (χ0n) is 9.98. The second-order valence-corrected chi connectivity index (χ2v) is 4.44. The molecule has 0 spiro atoms. The highest BCUT2D eigenvalue weighted by Crippen LogP contribution is 2.08. The molecule has 0 fully saturated rings. The number of nitrogens with one attached hydrogen (secondary N) is 1. The first-order valence-corrected chi connectivity index (χ1v) is 5.07. The fraction of sp³-hybridized carbons (Fsp3) is 0.800. The summed E-state index contributed by atoms with van der Waals surface area (Å²) >= 11 is 0. The van der Waals surface area contributed by atoms with E-state index in [2.05, 4.69) is 5.32 Å². The molecule has 0 saturated heterocycles. The number of alkyl carbamates (subject to hydrolysis) is 1. The van der Waals surface area contributed by atoms with E-state index < -0.39 is 29.8 Å². The molecule has 16 heavy (non-hydrogen) atoms. The molecule has 0 aliphatic heterocycles. The maximum absolute atomic E-state index is 11.3. The van der Waals surface area contributed by atoms with Crippen molar-refractivity contribution in [3.05, 3.63) is 0 Å². The van der Waals surface area contributed by atoms with Crippen LogP contribution in [0.3, 0.4) is 0 Å². The SMILES string of the molecule is CC[C@H](NC(=O)OC(C)(C)C)[C@@H](O)C(=O)O. The largest absolute Gasteiger partial charge is 0.479 e. The molecule has 0 aromatic rings. The Bertz CT molecular complexity index is 258. The summed E-state index contributed by atoms with van der Waals surface area (Å²) in [6, 6.07) is -0.854. The maximum atomic E-state index is 11.3. The Morgan fingerprint density at radius 3 is 2.19 bits per heavy atom. The van der Waals surface area contributed by atoms with Gasteiger partial charge in [0.05, 0.1) is 6.04 Å². The highest BCUT2D eigenvalue weighted by molar-refractivity contribution is 5.75. The molecular weight excluding hydrogens is 214 g/mol. The van der Waals surface area contributed by atoms with E-state index in [0.717, 1.165) is 0 Å². The Balaban J connectivity index is 4.33. The van der Waals surface area contributed by atoms with Crippen LogP contribution in [0.2, 0.25) is 0 Å². The van der Waals surface area contributed by atoms with Crippen molar-refractivity contribution in [3.63, 3.8) is 0 Å². The van der Waals surface area contributed by atoms with E-state index in [0.29, 0.717) is 6.42 Å². The highest BCUT2D eigenvalue weighted by atomic mass is 16.6. The lowest BCUT2D eigenvalue weighted by atomic mass is 10.1. The number of aliphatic hydroxyl groups is 1. The Kier molecular flexibility index (Phi) is 5.23. The van der Waals surface area contributed by atoms with Gasteiger partial charge in [-0.25, -0.2) is 9.59 Å². The van der Waals surface area contributed by atoms with Crippen molar-refractivity contribution < 1.29 is 24.5 Å². The summed E-state index contributed by atoms with van der Waals surface area (Å²) in [5.41, 5.74) is -0.656. The number of rotatable bonds is 4. The molecule has 0 radical (unpaired) electrons. The predicted octanol–water partition coefficient (Wildman–Crippen LogP) is 0.735. The molecule has 0 aliphatic rings. The summed E-state index contributed by atoms with van der Waals surface area (Å²) in [5, 5.41) is 20.2. The lowest BCUT2D eigenvalue weighted by molar-refractivity contribution is -0.148. The van der Waals surface area contributed by atoms with Crippen molar-refractivity contribution in [1.82, 2.24) is 5.32 Å². The average Bonchev–Trinajstić information content (AvgIpc) is 2.09. The standard InChI is InChI=1S/C10H19NO5/c1-5-6(7(12)8(13)14)11-9(15)16-10(2,3)4/h6-7,12H,5H2,1-4H3,(H,11,15)(H,13,14)/t6-,7+/m0/s1. The average molecular weight is 233 g/mol. The third-order valence-corrected chi connectivity index (χ3v) is 1.78. The zero-order valence-corrected chi connectivity index (χ0v) is 9.98. The summed E-state index contributed by atoms with van der Waals surface area (Å²) in [6.45, 7) is 6.75. The highest BCUT2D eigenvalue weighted by Gasteiger charge is 2.27. The number of aliphatic hydroxyl groups excluding tert-OH is 1. The van der Waals surface area contributed by atoms with Gasteiger partial charge >= 0.3 is 12.1 Å². The van der Waals surface area contributed by atoms with Crippen LogP contribution in [0.25, 0.3) is 0 Å². The van der Waals surface area contributed by atoms with Crippen molar-refractivity contribution in [2.75, 3.05) is 0 Å². The van der Waals surface area contributed by atoms with Gasteiger partial charge in [-0.2, -0.15) is 0 Å². The van der Waals surface area contributed by atoms with E-state index in [1.54, 1.807) is 27.7 Å². The molecule has 0 aliphatic carbocycles. The lowest BCUT2D eigenvalue weighted by Gasteiger charge is -2.24. The molecule has 0 rings (SSSR count). The minimum absolute atomic E-state index is 0.298. The molecular formula is C10H19NO5. The smallest absolute Gasteiger partial charge is 0.407 e. The number of ether oxygens (including phenoxy) is 1. The Hall–Kier alpha value is -1.30. The van der Waals surface area contributed by atoms with Crippen molar-refractivity contribution in [1.29, 1.82) is 0 Å². The normalized spacial score (nSPS) is 15.1. The molecule has 3 N–H and O–H groups in total. The summed E-state index contributed by atoms with van der Waals surface area (Å²) in [7, 11) is 0. The molecule has 0 saturated carbocycles. The number of hydrogen-bond donors (Lipinski definition) is 3. The van der Waals surface area contributed by atoms with Crippen molar-refractivity contribution in [2.45, 2.75) is 51.9 Å². The third kappa shape index (κ3) is 5.55. The van der Waals surface area contributed by atoms with Crippen LogP contribution in [0.4, 0.5) is 4.79 Å². The van der Waals surface area contributed by atoms with Gasteiger partial charge in [0.2, 0.25) is 0 Å². The Labute approximate surface area is 94.6 Å². The number of amides is 1. The topological polar surface area (TPSA) is 95.9 Å². The lowest BCUT2D eigenvalue weighted by Crippen LogP contribution is -2.48. The minimum atomic E-state index is -1.63. The Morgan fingerprint density at radius 2 is 1.88 bits per heavy atom. The molecule has 0 bridgehead atoms. The van der Waals surface area contributed by atoms with Gasteiger partial charge in [-0.15, -0.1) is 0 Å². The van der Waals surface area contributed by atoms with Crippen LogP contribution < -0.4 is 5.32 Å². The van der Waals surface area contributed by atoms with Crippen molar-refractivity contribution in [3.8, 4) is 0 Å². The van der Waals surface area contributed by atoms with E-state index in [-0.39, 0.29) is 0 Å². The van der Waals surface area contributed by atoms with Gasteiger partial charge in [0.25, 0.3) is 0 Å². The summed E-state index contributed by atoms with van der Waals surface area (Å²) in [5.74, 6) is -1.37. The van der Waals surface area contributed by atoms with Crippen LogP contribution in [0, 0.1) is 0 Å². The van der Waals surface area contributed by atoms with E-state index >= 15 is 0 Å². The van der Waals surface area contributed by atoms with Crippen LogP contribution in [0.5, 0.6) is 0 Å². The molecule has 0 unspecified atom stereocenters. The maximum Gasteiger partial charge on any atom is 0.407 e. The van der Waals surface area contributed by atoms with Crippen LogP contribution in [-0.2, 0) is 9.53 Å². The second kappa shape index (κ2) is 5.69.